The van der Waals surface area contributed by atoms with Crippen molar-refractivity contribution in [3.8, 4) is 5.75 Å². The van der Waals surface area contributed by atoms with Gasteiger partial charge in [-0.05, 0) is 37.3 Å². The highest BCUT2D eigenvalue weighted by Crippen LogP contribution is 2.17. The second-order valence-electron chi connectivity index (χ2n) is 6.45. The third kappa shape index (κ3) is 5.01. The second-order valence-corrected chi connectivity index (χ2v) is 6.45. The predicted octanol–water partition coefficient (Wildman–Crippen LogP) is 3.88. The van der Waals surface area contributed by atoms with E-state index in [0.717, 1.165) is 5.56 Å². The van der Waals surface area contributed by atoms with Gasteiger partial charge >= 0.3 is 0 Å². The summed E-state index contributed by atoms with van der Waals surface area (Å²) in [4.78, 5) is 26.2. The molecule has 0 atom stereocenters. The topological polar surface area (TPSA) is 71.8 Å². The third-order valence-electron chi connectivity index (χ3n) is 4.14. The van der Waals surface area contributed by atoms with Gasteiger partial charge in [0.05, 0.1) is 12.8 Å². The molecule has 6 nitrogen and oxygen atoms in total. The summed E-state index contributed by atoms with van der Waals surface area (Å²) in [6.45, 7) is 2.08. The maximum absolute atomic E-state index is 12.7. The van der Waals surface area contributed by atoms with Crippen LogP contribution in [0.15, 0.2) is 71.3 Å². The zero-order valence-corrected chi connectivity index (χ0v) is 15.8. The van der Waals surface area contributed by atoms with Crippen molar-refractivity contribution in [3.63, 3.8) is 0 Å². The van der Waals surface area contributed by atoms with E-state index in [-0.39, 0.29) is 30.7 Å². The maximum atomic E-state index is 12.7. The highest BCUT2D eigenvalue weighted by Gasteiger charge is 2.21. The summed E-state index contributed by atoms with van der Waals surface area (Å²) in [5, 5.41) is 2.77. The number of para-hydroxylation sites is 1. The number of amides is 2. The third-order valence-corrected chi connectivity index (χ3v) is 4.14. The fourth-order valence-electron chi connectivity index (χ4n) is 2.61. The van der Waals surface area contributed by atoms with E-state index in [0.29, 0.717) is 17.0 Å². The van der Waals surface area contributed by atoms with Crippen LogP contribution >= 0.6 is 0 Å². The smallest absolute Gasteiger partial charge is 0.290 e. The van der Waals surface area contributed by atoms with Crippen molar-refractivity contribution in [2.75, 3.05) is 18.9 Å². The molecule has 0 radical (unpaired) electrons. The van der Waals surface area contributed by atoms with E-state index in [2.05, 4.69) is 5.32 Å². The number of likely N-dealkylation sites (N-methyl/N-ethyl adjacent to an activating group) is 1. The SMILES string of the molecule is Cc1ccc(NC(=O)CN(C)C(=O)c2occc2COc2ccccc2)cc1. The van der Waals surface area contributed by atoms with Crippen LogP contribution in [0.2, 0.25) is 0 Å². The molecule has 3 rings (SSSR count). The molecular weight excluding hydrogens is 356 g/mol. The molecule has 0 aliphatic heterocycles. The maximum Gasteiger partial charge on any atom is 0.290 e. The number of aryl methyl sites for hydroxylation is 1. The van der Waals surface area contributed by atoms with Crippen molar-refractivity contribution in [2.24, 2.45) is 0 Å². The Morgan fingerprint density at radius 1 is 1.04 bits per heavy atom. The summed E-state index contributed by atoms with van der Waals surface area (Å²) in [5.74, 6) is 0.207. The van der Waals surface area contributed by atoms with E-state index >= 15 is 0 Å². The minimum atomic E-state index is -0.379. The zero-order valence-electron chi connectivity index (χ0n) is 15.8. The molecule has 0 saturated heterocycles. The number of anilines is 1. The van der Waals surface area contributed by atoms with Crippen LogP contribution in [-0.2, 0) is 11.4 Å². The fourth-order valence-corrected chi connectivity index (χ4v) is 2.61. The average molecular weight is 378 g/mol. The summed E-state index contributed by atoms with van der Waals surface area (Å²) < 4.78 is 11.0. The van der Waals surface area contributed by atoms with E-state index in [1.807, 2.05) is 61.5 Å². The Morgan fingerprint density at radius 2 is 1.75 bits per heavy atom. The molecule has 0 spiro atoms. The molecule has 28 heavy (non-hydrogen) atoms. The minimum absolute atomic E-state index is 0.0909. The number of ether oxygens (including phenoxy) is 1. The number of hydrogen-bond acceptors (Lipinski definition) is 4. The molecule has 0 aliphatic carbocycles. The fraction of sp³-hybridized carbons (Fsp3) is 0.182. The highest BCUT2D eigenvalue weighted by molar-refractivity contribution is 5.98. The quantitative estimate of drug-likeness (QED) is 0.677. The molecule has 2 amide bonds. The van der Waals surface area contributed by atoms with Crippen LogP contribution in [-0.4, -0.2) is 30.3 Å². The van der Waals surface area contributed by atoms with Gasteiger partial charge in [-0.3, -0.25) is 9.59 Å². The van der Waals surface area contributed by atoms with Crippen molar-refractivity contribution >= 4 is 17.5 Å². The van der Waals surface area contributed by atoms with Crippen LogP contribution in [0.4, 0.5) is 5.69 Å². The molecule has 0 fully saturated rings. The molecule has 1 N–H and O–H groups in total. The van der Waals surface area contributed by atoms with Crippen molar-refractivity contribution in [1.29, 1.82) is 0 Å². The van der Waals surface area contributed by atoms with Gasteiger partial charge in [0.25, 0.3) is 5.91 Å². The molecule has 144 valence electrons. The van der Waals surface area contributed by atoms with Crippen molar-refractivity contribution in [3.05, 3.63) is 83.8 Å². The van der Waals surface area contributed by atoms with Crippen molar-refractivity contribution < 1.29 is 18.7 Å². The van der Waals surface area contributed by atoms with Gasteiger partial charge in [-0.2, -0.15) is 0 Å². The van der Waals surface area contributed by atoms with Crippen LogP contribution in [0.25, 0.3) is 0 Å². The molecule has 3 aromatic rings. The zero-order chi connectivity index (χ0) is 19.9. The first kappa shape index (κ1) is 19.2. The first-order valence-electron chi connectivity index (χ1n) is 8.89. The van der Waals surface area contributed by atoms with Gasteiger partial charge in [-0.1, -0.05) is 35.9 Å². The van der Waals surface area contributed by atoms with E-state index in [1.54, 1.807) is 13.1 Å². The first-order chi connectivity index (χ1) is 13.5. The summed E-state index contributed by atoms with van der Waals surface area (Å²) in [5.41, 5.74) is 2.42. The van der Waals surface area contributed by atoms with Gasteiger partial charge in [0, 0.05) is 18.3 Å². The number of nitrogens with zero attached hydrogens (tertiary/aromatic N) is 1. The number of carbonyl (C=O) groups excluding carboxylic acids is 2. The van der Waals surface area contributed by atoms with Crippen LogP contribution in [0.1, 0.15) is 21.7 Å². The standard InChI is InChI=1S/C22H22N2O4/c1-16-8-10-18(11-9-16)23-20(25)14-24(2)22(26)21-17(12-13-27-21)15-28-19-6-4-3-5-7-19/h3-13H,14-15H2,1-2H3,(H,23,25). The molecule has 6 heteroatoms. The van der Waals surface area contributed by atoms with Crippen LogP contribution in [0.5, 0.6) is 5.75 Å². The predicted molar refractivity (Wildman–Crippen MR) is 106 cm³/mol. The molecule has 0 unspecified atom stereocenters. The Morgan fingerprint density at radius 3 is 2.46 bits per heavy atom. The largest absolute Gasteiger partial charge is 0.489 e. The number of rotatable bonds is 7. The Labute approximate surface area is 163 Å². The summed E-state index contributed by atoms with van der Waals surface area (Å²) in [6.07, 6.45) is 1.44. The lowest BCUT2D eigenvalue weighted by molar-refractivity contribution is -0.116. The van der Waals surface area contributed by atoms with Gasteiger partial charge in [-0.15, -0.1) is 0 Å². The first-order valence-corrected chi connectivity index (χ1v) is 8.89. The van der Waals surface area contributed by atoms with Crippen molar-refractivity contribution in [2.45, 2.75) is 13.5 Å². The van der Waals surface area contributed by atoms with Gasteiger partial charge in [-0.25, -0.2) is 0 Å². The lowest BCUT2D eigenvalue weighted by atomic mass is 10.2. The van der Waals surface area contributed by atoms with E-state index in [4.69, 9.17) is 9.15 Å². The van der Waals surface area contributed by atoms with Crippen LogP contribution in [0.3, 0.4) is 0 Å². The number of hydrogen-bond donors (Lipinski definition) is 1. The molecule has 1 aromatic heterocycles. The Kier molecular flexibility index (Phi) is 6.11. The molecule has 1 heterocycles. The normalized spacial score (nSPS) is 10.4. The lowest BCUT2D eigenvalue weighted by Gasteiger charge is -2.16. The number of nitrogens with one attached hydrogen (secondary N) is 1. The Balaban J connectivity index is 1.58. The molecule has 0 aliphatic rings. The summed E-state index contributed by atoms with van der Waals surface area (Å²) in [7, 11) is 1.56. The number of benzene rings is 2. The lowest BCUT2D eigenvalue weighted by Crippen LogP contribution is -2.35. The molecular formula is C22H22N2O4. The van der Waals surface area contributed by atoms with Gasteiger partial charge in [0.1, 0.15) is 12.4 Å². The van der Waals surface area contributed by atoms with Gasteiger partial charge in [0.2, 0.25) is 5.91 Å². The summed E-state index contributed by atoms with van der Waals surface area (Å²) >= 11 is 0. The monoisotopic (exact) mass is 378 g/mol. The highest BCUT2D eigenvalue weighted by atomic mass is 16.5. The second kappa shape index (κ2) is 8.90. The number of carbonyl (C=O) groups is 2. The van der Waals surface area contributed by atoms with Crippen LogP contribution < -0.4 is 10.1 Å². The molecule has 2 aromatic carbocycles. The summed E-state index contributed by atoms with van der Waals surface area (Å²) in [6, 6.07) is 18.5. The van der Waals surface area contributed by atoms with E-state index < -0.39 is 0 Å². The Bertz CT molecular complexity index is 933. The molecule has 0 bridgehead atoms. The van der Waals surface area contributed by atoms with E-state index in [9.17, 15) is 9.59 Å². The van der Waals surface area contributed by atoms with Crippen molar-refractivity contribution in [1.82, 2.24) is 4.90 Å². The number of furan rings is 1. The average Bonchev–Trinajstić information content (AvgIpc) is 3.17. The Hall–Kier alpha value is -3.54. The van der Waals surface area contributed by atoms with Crippen LogP contribution in [0, 0.1) is 6.92 Å². The molecule has 0 saturated carbocycles. The minimum Gasteiger partial charge on any atom is -0.489 e. The van der Waals surface area contributed by atoms with Gasteiger partial charge in [0.15, 0.2) is 5.76 Å². The van der Waals surface area contributed by atoms with E-state index in [1.165, 1.54) is 11.2 Å². The van der Waals surface area contributed by atoms with Gasteiger partial charge < -0.3 is 19.4 Å².